The van der Waals surface area contributed by atoms with Crippen molar-refractivity contribution in [3.63, 3.8) is 0 Å². The number of carbonyl (C=O) groups excluding carboxylic acids is 1. The number of hydrogen-bond acceptors (Lipinski definition) is 3. The standard InChI is InChI=1S/C19H27NO3S/c1-14(24(2,22)23)19(21)20(18-8-3-4-9-18)13-15-10-11-16-6-5-7-17(16)12-15/h10-12,14,18H,3-9,13H2,1-2H3/t14-/m0/s1. The number of nitrogens with zero attached hydrogens (tertiary/aromatic N) is 1. The molecule has 0 N–H and O–H groups in total. The maximum atomic E-state index is 12.9. The van der Waals surface area contributed by atoms with Gasteiger partial charge in [0, 0.05) is 18.8 Å². The molecule has 0 aromatic heterocycles. The first kappa shape index (κ1) is 17.5. The molecule has 1 amide bonds. The van der Waals surface area contributed by atoms with Crippen molar-refractivity contribution in [1.29, 1.82) is 0 Å². The van der Waals surface area contributed by atoms with Crippen LogP contribution in [0.4, 0.5) is 0 Å². The van der Waals surface area contributed by atoms with Crippen molar-refractivity contribution >= 4 is 15.7 Å². The van der Waals surface area contributed by atoms with E-state index in [0.29, 0.717) is 6.54 Å². The van der Waals surface area contributed by atoms with E-state index < -0.39 is 15.1 Å². The largest absolute Gasteiger partial charge is 0.334 e. The van der Waals surface area contributed by atoms with Crippen LogP contribution in [0, 0.1) is 0 Å². The Kier molecular flexibility index (Phi) is 5.00. The van der Waals surface area contributed by atoms with Crippen molar-refractivity contribution in [3.05, 3.63) is 34.9 Å². The number of aryl methyl sites for hydroxylation is 2. The summed E-state index contributed by atoms with van der Waals surface area (Å²) in [5, 5.41) is -0.965. The lowest BCUT2D eigenvalue weighted by Crippen LogP contribution is -2.45. The van der Waals surface area contributed by atoms with Gasteiger partial charge in [-0.25, -0.2) is 8.42 Å². The molecule has 0 aliphatic heterocycles. The van der Waals surface area contributed by atoms with E-state index in [1.807, 2.05) is 4.90 Å². The van der Waals surface area contributed by atoms with Gasteiger partial charge in [0.05, 0.1) is 0 Å². The van der Waals surface area contributed by atoms with E-state index in [1.54, 1.807) is 0 Å². The number of carbonyl (C=O) groups is 1. The van der Waals surface area contributed by atoms with Crippen molar-refractivity contribution in [1.82, 2.24) is 4.90 Å². The second-order valence-corrected chi connectivity index (χ2v) is 9.70. The Morgan fingerprint density at radius 1 is 1.17 bits per heavy atom. The number of hydrogen-bond donors (Lipinski definition) is 0. The van der Waals surface area contributed by atoms with Gasteiger partial charge in [0.2, 0.25) is 5.91 Å². The van der Waals surface area contributed by atoms with Crippen LogP contribution in [0.15, 0.2) is 18.2 Å². The zero-order chi connectivity index (χ0) is 17.3. The SMILES string of the molecule is C[C@@H](C(=O)N(Cc1ccc2c(c1)CCC2)C1CCCC1)S(C)(=O)=O. The topological polar surface area (TPSA) is 54.5 Å². The minimum atomic E-state index is -3.37. The van der Waals surface area contributed by atoms with Gasteiger partial charge in [0.25, 0.3) is 0 Å². The zero-order valence-electron chi connectivity index (χ0n) is 14.6. The van der Waals surface area contributed by atoms with Crippen LogP contribution in [-0.4, -0.2) is 36.8 Å². The van der Waals surface area contributed by atoms with Gasteiger partial charge in [-0.2, -0.15) is 0 Å². The first-order valence-electron chi connectivity index (χ1n) is 8.96. The summed E-state index contributed by atoms with van der Waals surface area (Å²) in [4.78, 5) is 14.7. The molecule has 2 aliphatic carbocycles. The zero-order valence-corrected chi connectivity index (χ0v) is 15.4. The van der Waals surface area contributed by atoms with Gasteiger partial charge in [-0.15, -0.1) is 0 Å². The summed E-state index contributed by atoms with van der Waals surface area (Å²) in [6.45, 7) is 2.04. The molecule has 1 fully saturated rings. The Labute approximate surface area is 145 Å². The Hall–Kier alpha value is -1.36. The molecule has 1 saturated carbocycles. The van der Waals surface area contributed by atoms with E-state index >= 15 is 0 Å². The van der Waals surface area contributed by atoms with Crippen LogP contribution in [0.3, 0.4) is 0 Å². The van der Waals surface area contributed by atoms with Gasteiger partial charge in [-0.3, -0.25) is 4.79 Å². The van der Waals surface area contributed by atoms with Gasteiger partial charge in [0.1, 0.15) is 5.25 Å². The molecule has 1 aromatic carbocycles. The average molecular weight is 349 g/mol. The number of sulfone groups is 1. The van der Waals surface area contributed by atoms with Crippen LogP contribution in [0.2, 0.25) is 0 Å². The van der Waals surface area contributed by atoms with Gasteiger partial charge < -0.3 is 4.90 Å². The van der Waals surface area contributed by atoms with E-state index in [1.165, 1.54) is 24.5 Å². The summed E-state index contributed by atoms with van der Waals surface area (Å²) in [7, 11) is -3.37. The lowest BCUT2D eigenvalue weighted by Gasteiger charge is -2.31. The highest BCUT2D eigenvalue weighted by Crippen LogP contribution is 2.28. The van der Waals surface area contributed by atoms with Crippen molar-refractivity contribution in [3.8, 4) is 0 Å². The molecule has 0 spiro atoms. The van der Waals surface area contributed by atoms with E-state index in [0.717, 1.165) is 50.3 Å². The number of amides is 1. The number of benzene rings is 1. The van der Waals surface area contributed by atoms with Crippen molar-refractivity contribution < 1.29 is 13.2 Å². The fourth-order valence-corrected chi connectivity index (χ4v) is 4.44. The highest BCUT2D eigenvalue weighted by molar-refractivity contribution is 7.92. The third-order valence-electron chi connectivity index (χ3n) is 5.55. The molecule has 0 unspecified atom stereocenters. The minimum absolute atomic E-state index is 0.176. The second kappa shape index (κ2) is 6.87. The first-order chi connectivity index (χ1) is 11.4. The molecule has 0 radical (unpaired) electrons. The highest BCUT2D eigenvalue weighted by Gasteiger charge is 2.33. The fraction of sp³-hybridized carbons (Fsp3) is 0.632. The molecule has 3 rings (SSSR count). The van der Waals surface area contributed by atoms with Crippen molar-refractivity contribution in [2.24, 2.45) is 0 Å². The van der Waals surface area contributed by atoms with Gasteiger partial charge in [0.15, 0.2) is 9.84 Å². The van der Waals surface area contributed by atoms with E-state index in [9.17, 15) is 13.2 Å². The molecule has 132 valence electrons. The molecule has 0 bridgehead atoms. The summed E-state index contributed by atoms with van der Waals surface area (Å²) in [6, 6.07) is 6.66. The normalized spacial score (nSPS) is 19.2. The predicted molar refractivity (Wildman–Crippen MR) is 95.6 cm³/mol. The van der Waals surface area contributed by atoms with Crippen LogP contribution < -0.4 is 0 Å². The van der Waals surface area contributed by atoms with E-state index in [2.05, 4.69) is 18.2 Å². The Morgan fingerprint density at radius 2 is 1.83 bits per heavy atom. The Bertz CT molecular complexity index is 720. The molecule has 0 heterocycles. The fourth-order valence-electron chi connectivity index (χ4n) is 3.94. The van der Waals surface area contributed by atoms with E-state index in [-0.39, 0.29) is 11.9 Å². The maximum absolute atomic E-state index is 12.9. The summed E-state index contributed by atoms with van der Waals surface area (Å²) in [6.07, 6.45) is 8.80. The van der Waals surface area contributed by atoms with Crippen molar-refractivity contribution in [2.75, 3.05) is 6.26 Å². The van der Waals surface area contributed by atoms with Crippen molar-refractivity contribution in [2.45, 2.75) is 69.7 Å². The molecule has 2 aliphatic rings. The van der Waals surface area contributed by atoms with Gasteiger partial charge >= 0.3 is 0 Å². The minimum Gasteiger partial charge on any atom is -0.334 e. The first-order valence-corrected chi connectivity index (χ1v) is 10.9. The molecule has 1 atom stereocenters. The molecule has 0 saturated heterocycles. The predicted octanol–water partition coefficient (Wildman–Crippen LogP) is 2.88. The smallest absolute Gasteiger partial charge is 0.241 e. The summed E-state index contributed by atoms with van der Waals surface area (Å²) < 4.78 is 23.7. The number of rotatable bonds is 5. The third kappa shape index (κ3) is 3.66. The highest BCUT2D eigenvalue weighted by atomic mass is 32.2. The molecular weight excluding hydrogens is 322 g/mol. The second-order valence-electron chi connectivity index (χ2n) is 7.33. The summed E-state index contributed by atoms with van der Waals surface area (Å²) in [5.41, 5.74) is 3.93. The maximum Gasteiger partial charge on any atom is 0.241 e. The van der Waals surface area contributed by atoms with Crippen LogP contribution in [0.5, 0.6) is 0 Å². The Balaban J connectivity index is 1.83. The van der Waals surface area contributed by atoms with Gasteiger partial charge in [-0.1, -0.05) is 31.0 Å². The van der Waals surface area contributed by atoms with Crippen LogP contribution in [0.1, 0.15) is 55.7 Å². The average Bonchev–Trinajstić information content (AvgIpc) is 3.20. The molecule has 4 nitrogen and oxygen atoms in total. The quantitative estimate of drug-likeness (QED) is 0.821. The summed E-state index contributed by atoms with van der Waals surface area (Å²) in [5.74, 6) is -0.245. The Morgan fingerprint density at radius 3 is 2.50 bits per heavy atom. The molecule has 5 heteroatoms. The number of fused-ring (bicyclic) bond motifs is 1. The van der Waals surface area contributed by atoms with Gasteiger partial charge in [-0.05, 0) is 55.7 Å². The lowest BCUT2D eigenvalue weighted by atomic mass is 10.0. The monoisotopic (exact) mass is 349 g/mol. The lowest BCUT2D eigenvalue weighted by molar-refractivity contribution is -0.133. The van der Waals surface area contributed by atoms with Crippen LogP contribution in [0.25, 0.3) is 0 Å². The van der Waals surface area contributed by atoms with Crippen LogP contribution >= 0.6 is 0 Å². The molecule has 24 heavy (non-hydrogen) atoms. The van der Waals surface area contributed by atoms with Crippen LogP contribution in [-0.2, 0) is 34.0 Å². The molecular formula is C19H27NO3S. The van der Waals surface area contributed by atoms with E-state index in [4.69, 9.17) is 0 Å². The third-order valence-corrected chi connectivity index (χ3v) is 7.04. The summed E-state index contributed by atoms with van der Waals surface area (Å²) >= 11 is 0. The molecule has 1 aromatic rings.